The Morgan fingerprint density at radius 3 is 3.14 bits per heavy atom. The first kappa shape index (κ1) is 15.1. The lowest BCUT2D eigenvalue weighted by Gasteiger charge is -2.52. The zero-order valence-corrected chi connectivity index (χ0v) is 14.6. The molecule has 0 spiro atoms. The summed E-state index contributed by atoms with van der Waals surface area (Å²) in [6, 6.07) is 6.35. The maximum atomic E-state index is 6.30. The number of thiocarbonyl (C=S) groups is 1. The average molecular weight is 371 g/mol. The Balaban J connectivity index is 1.88. The van der Waals surface area contributed by atoms with E-state index in [2.05, 4.69) is 39.1 Å². The maximum Gasteiger partial charge on any atom is 0.184 e. The summed E-state index contributed by atoms with van der Waals surface area (Å²) < 4.78 is 12.5. The van der Waals surface area contributed by atoms with E-state index in [4.69, 9.17) is 21.7 Å². The fourth-order valence-corrected chi connectivity index (χ4v) is 3.90. The lowest BCUT2D eigenvalue weighted by molar-refractivity contribution is -0.0698. The van der Waals surface area contributed by atoms with Crippen LogP contribution in [0, 0.1) is 0 Å². The standard InChI is InChI=1S/C15H19BrN2O2S/c1-15-9-12(11-8-10(16)4-5-13(11)20-15)17-14(21)18(15)6-3-7-19-2/h4-5,8,12H,3,6-7,9H2,1-2H3,(H,17,21)/t12-,15-/m0/s1. The van der Waals surface area contributed by atoms with Gasteiger partial charge >= 0.3 is 0 Å². The summed E-state index contributed by atoms with van der Waals surface area (Å²) in [5.74, 6) is 0.934. The molecule has 3 rings (SSSR count). The highest BCUT2D eigenvalue weighted by molar-refractivity contribution is 9.10. The van der Waals surface area contributed by atoms with Gasteiger partial charge in [-0.15, -0.1) is 0 Å². The van der Waals surface area contributed by atoms with Crippen molar-refractivity contribution in [2.75, 3.05) is 20.3 Å². The predicted molar refractivity (Wildman–Crippen MR) is 89.5 cm³/mol. The lowest BCUT2D eigenvalue weighted by Crippen LogP contribution is -2.64. The number of hydrogen-bond donors (Lipinski definition) is 1. The maximum absolute atomic E-state index is 6.30. The highest BCUT2D eigenvalue weighted by atomic mass is 79.9. The van der Waals surface area contributed by atoms with Crippen molar-refractivity contribution in [2.24, 2.45) is 0 Å². The predicted octanol–water partition coefficient (Wildman–Crippen LogP) is 3.22. The summed E-state index contributed by atoms with van der Waals surface area (Å²) in [6.45, 7) is 3.67. The van der Waals surface area contributed by atoms with Crippen molar-refractivity contribution in [3.8, 4) is 5.75 Å². The van der Waals surface area contributed by atoms with E-state index in [9.17, 15) is 0 Å². The Bertz CT molecular complexity index is 569. The van der Waals surface area contributed by atoms with E-state index in [1.54, 1.807) is 7.11 Å². The molecule has 1 N–H and O–H groups in total. The first-order valence-electron chi connectivity index (χ1n) is 7.09. The van der Waals surface area contributed by atoms with Crippen molar-refractivity contribution in [1.82, 2.24) is 10.2 Å². The van der Waals surface area contributed by atoms with Crippen LogP contribution in [0.15, 0.2) is 22.7 Å². The zero-order valence-electron chi connectivity index (χ0n) is 12.2. The van der Waals surface area contributed by atoms with Gasteiger partial charge in [0.25, 0.3) is 0 Å². The van der Waals surface area contributed by atoms with E-state index in [1.807, 2.05) is 12.1 Å². The van der Waals surface area contributed by atoms with Crippen LogP contribution >= 0.6 is 28.1 Å². The number of methoxy groups -OCH3 is 1. The Morgan fingerprint density at radius 1 is 1.57 bits per heavy atom. The molecule has 2 atom stereocenters. The van der Waals surface area contributed by atoms with Crippen LogP contribution in [0.25, 0.3) is 0 Å². The first-order chi connectivity index (χ1) is 10.0. The summed E-state index contributed by atoms with van der Waals surface area (Å²) in [5, 5.41) is 4.21. The summed E-state index contributed by atoms with van der Waals surface area (Å²) >= 11 is 9.07. The van der Waals surface area contributed by atoms with Crippen LogP contribution in [0.3, 0.4) is 0 Å². The molecule has 1 fully saturated rings. The van der Waals surface area contributed by atoms with Gasteiger partial charge in [0.1, 0.15) is 5.75 Å². The van der Waals surface area contributed by atoms with Gasteiger partial charge in [-0.2, -0.15) is 0 Å². The molecule has 1 aromatic carbocycles. The lowest BCUT2D eigenvalue weighted by atomic mass is 9.90. The zero-order chi connectivity index (χ0) is 15.0. The second kappa shape index (κ2) is 5.74. The molecule has 21 heavy (non-hydrogen) atoms. The van der Waals surface area contributed by atoms with Gasteiger partial charge in [0.2, 0.25) is 0 Å². The smallest absolute Gasteiger partial charge is 0.184 e. The largest absolute Gasteiger partial charge is 0.468 e. The molecule has 2 aliphatic rings. The molecule has 0 aliphatic carbocycles. The van der Waals surface area contributed by atoms with Gasteiger partial charge in [-0.25, -0.2) is 0 Å². The van der Waals surface area contributed by atoms with Gasteiger partial charge in [0.05, 0.1) is 6.04 Å². The summed E-state index contributed by atoms with van der Waals surface area (Å²) in [6.07, 6.45) is 1.80. The molecule has 0 saturated carbocycles. The number of benzene rings is 1. The van der Waals surface area contributed by atoms with E-state index in [1.165, 1.54) is 5.56 Å². The monoisotopic (exact) mass is 370 g/mol. The summed E-state index contributed by atoms with van der Waals surface area (Å²) in [7, 11) is 1.72. The third-order valence-corrected chi connectivity index (χ3v) is 4.94. The van der Waals surface area contributed by atoms with Crippen LogP contribution < -0.4 is 10.1 Å². The Hall–Kier alpha value is -0.850. The molecule has 1 saturated heterocycles. The van der Waals surface area contributed by atoms with Crippen LogP contribution in [0.2, 0.25) is 0 Å². The van der Waals surface area contributed by atoms with Crippen LogP contribution in [-0.4, -0.2) is 36.0 Å². The van der Waals surface area contributed by atoms with Gasteiger partial charge in [0, 0.05) is 36.7 Å². The molecule has 2 heterocycles. The minimum absolute atomic E-state index is 0.211. The summed E-state index contributed by atoms with van der Waals surface area (Å²) in [5.41, 5.74) is 0.780. The van der Waals surface area contributed by atoms with Crippen molar-refractivity contribution >= 4 is 33.3 Å². The SMILES string of the molecule is COCCCN1C(=S)N[C@H]2C[C@]1(C)Oc1ccc(Br)cc12. The number of ether oxygens (including phenoxy) is 2. The number of nitrogens with one attached hydrogen (secondary N) is 1. The molecular weight excluding hydrogens is 352 g/mol. The third kappa shape index (κ3) is 2.76. The second-order valence-electron chi connectivity index (χ2n) is 5.66. The van der Waals surface area contributed by atoms with E-state index < -0.39 is 0 Å². The molecule has 4 nitrogen and oxygen atoms in total. The second-order valence-corrected chi connectivity index (χ2v) is 6.97. The number of rotatable bonds is 4. The van der Waals surface area contributed by atoms with Crippen molar-refractivity contribution in [1.29, 1.82) is 0 Å². The minimum atomic E-state index is -0.387. The van der Waals surface area contributed by atoms with Gasteiger partial charge in [-0.1, -0.05) is 15.9 Å². The molecule has 0 amide bonds. The number of nitrogens with zero attached hydrogens (tertiary/aromatic N) is 1. The Kier molecular flexibility index (Phi) is 4.12. The van der Waals surface area contributed by atoms with Crippen LogP contribution in [0.5, 0.6) is 5.75 Å². The van der Waals surface area contributed by atoms with Crippen LogP contribution in [0.4, 0.5) is 0 Å². The molecular formula is C15H19BrN2O2S. The molecule has 0 unspecified atom stereocenters. The van der Waals surface area contributed by atoms with Gasteiger partial charge < -0.3 is 19.7 Å². The quantitative estimate of drug-likeness (QED) is 0.649. The molecule has 0 radical (unpaired) electrons. The molecule has 2 bridgehead atoms. The van der Waals surface area contributed by atoms with E-state index in [-0.39, 0.29) is 11.8 Å². The third-order valence-electron chi connectivity index (χ3n) is 4.10. The number of halogens is 1. The van der Waals surface area contributed by atoms with Crippen LogP contribution in [0.1, 0.15) is 31.4 Å². The highest BCUT2D eigenvalue weighted by Gasteiger charge is 2.47. The molecule has 114 valence electrons. The van der Waals surface area contributed by atoms with Gasteiger partial charge in [-0.3, -0.25) is 0 Å². The van der Waals surface area contributed by atoms with E-state index in [0.717, 1.165) is 41.3 Å². The van der Waals surface area contributed by atoms with Crippen molar-refractivity contribution < 1.29 is 9.47 Å². The summed E-state index contributed by atoms with van der Waals surface area (Å²) in [4.78, 5) is 2.14. The molecule has 6 heteroatoms. The number of fused-ring (bicyclic) bond motifs is 4. The molecule has 0 aromatic heterocycles. The Morgan fingerprint density at radius 2 is 2.38 bits per heavy atom. The molecule has 1 aromatic rings. The van der Waals surface area contributed by atoms with Crippen molar-refractivity contribution in [2.45, 2.75) is 31.5 Å². The molecule has 2 aliphatic heterocycles. The fraction of sp³-hybridized carbons (Fsp3) is 0.533. The Labute approximate surface area is 138 Å². The number of hydrogen-bond acceptors (Lipinski definition) is 3. The van der Waals surface area contributed by atoms with Crippen molar-refractivity contribution in [3.05, 3.63) is 28.2 Å². The van der Waals surface area contributed by atoms with Gasteiger partial charge in [-0.05, 0) is 43.8 Å². The van der Waals surface area contributed by atoms with Gasteiger partial charge in [0.15, 0.2) is 10.8 Å². The van der Waals surface area contributed by atoms with E-state index in [0.29, 0.717) is 0 Å². The topological polar surface area (TPSA) is 33.7 Å². The van der Waals surface area contributed by atoms with Crippen molar-refractivity contribution in [3.63, 3.8) is 0 Å². The average Bonchev–Trinajstić information content (AvgIpc) is 2.43. The first-order valence-corrected chi connectivity index (χ1v) is 8.29. The normalized spacial score (nSPS) is 26.9. The van der Waals surface area contributed by atoms with Crippen LogP contribution in [-0.2, 0) is 4.74 Å². The minimum Gasteiger partial charge on any atom is -0.468 e. The van der Waals surface area contributed by atoms with E-state index >= 15 is 0 Å². The highest BCUT2D eigenvalue weighted by Crippen LogP contribution is 2.44. The fourth-order valence-electron chi connectivity index (χ4n) is 3.09.